The molecule has 21 heteroatoms. The monoisotopic (exact) mass is 537 g/mol. The summed E-state index contributed by atoms with van der Waals surface area (Å²) in [5, 5.41) is 20.7. The number of aliphatic hydroxyl groups excluding tert-OH is 2. The zero-order valence-corrected chi connectivity index (χ0v) is 19.4. The Morgan fingerprint density at radius 3 is 2.45 bits per heavy atom. The molecule has 3 unspecified atom stereocenters. The van der Waals surface area contributed by atoms with Crippen molar-refractivity contribution < 1.29 is 61.4 Å². The maximum atomic E-state index is 11.9. The minimum Gasteiger partial charge on any atom is -0.387 e. The first kappa shape index (κ1) is 26.7. The number of nitrogens with zero attached hydrogens (tertiary/aromatic N) is 4. The lowest BCUT2D eigenvalue weighted by Crippen LogP contribution is -2.55. The quantitative estimate of drug-likeness (QED) is 0.157. The predicted octanol–water partition coefficient (Wildman–Crippen LogP) is -2.00. The van der Waals surface area contributed by atoms with E-state index in [0.29, 0.717) is 12.1 Å². The van der Waals surface area contributed by atoms with Gasteiger partial charge in [0.05, 0.1) is 6.61 Å². The zero-order chi connectivity index (χ0) is 24.8. The highest BCUT2D eigenvalue weighted by Gasteiger charge is 2.51. The van der Waals surface area contributed by atoms with E-state index in [0.717, 1.165) is 0 Å². The summed E-state index contributed by atoms with van der Waals surface area (Å²) in [6.45, 7) is 0.798. The van der Waals surface area contributed by atoms with Crippen molar-refractivity contribution >= 4 is 41.4 Å². The smallest absolute Gasteiger partial charge is 0.387 e. The van der Waals surface area contributed by atoms with Gasteiger partial charge in [0.15, 0.2) is 17.7 Å². The molecule has 7 atom stereocenters. The Morgan fingerprint density at radius 2 is 1.85 bits per heavy atom. The minimum absolute atomic E-state index is 0.0481. The van der Waals surface area contributed by atoms with Crippen LogP contribution in [0.25, 0.3) is 0 Å². The fraction of sp³-hybridized carbons (Fsp3) is 0.750. The van der Waals surface area contributed by atoms with Crippen molar-refractivity contribution in [2.45, 2.75) is 43.5 Å². The van der Waals surface area contributed by atoms with E-state index in [1.807, 2.05) is 0 Å². The van der Waals surface area contributed by atoms with Crippen molar-refractivity contribution in [2.75, 3.05) is 13.3 Å². The number of phosphoric ester groups is 1. The van der Waals surface area contributed by atoms with Crippen molar-refractivity contribution in [2.24, 2.45) is 20.7 Å². The molecule has 0 aromatic carbocycles. The number of hydrogen-bond acceptors (Lipinski definition) is 14. The van der Waals surface area contributed by atoms with Gasteiger partial charge in [-0.1, -0.05) is 6.92 Å². The van der Waals surface area contributed by atoms with Gasteiger partial charge < -0.3 is 45.2 Å². The Bertz CT molecular complexity index is 1010. The summed E-state index contributed by atoms with van der Waals surface area (Å²) in [5.74, 6) is 0.249. The van der Waals surface area contributed by atoms with E-state index in [9.17, 15) is 28.8 Å². The molecule has 3 aliphatic heterocycles. The molecule has 1 fully saturated rings. The summed E-state index contributed by atoms with van der Waals surface area (Å²) >= 11 is 0. The average Bonchev–Trinajstić information content (AvgIpc) is 3.20. The van der Waals surface area contributed by atoms with Gasteiger partial charge in [0, 0.05) is 0 Å². The van der Waals surface area contributed by atoms with Gasteiger partial charge in [-0.15, -0.1) is 0 Å². The number of ether oxygens (including phenoxy) is 1. The average molecular weight is 537 g/mol. The van der Waals surface area contributed by atoms with Crippen LogP contribution in [0.1, 0.15) is 13.3 Å². The molecule has 1 saturated heterocycles. The normalized spacial score (nSPS) is 35.6. The third-order valence-corrected chi connectivity index (χ3v) is 8.55. The molecule has 188 valence electrons. The number of aliphatic imine (C=N–C) groups is 3. The maximum absolute atomic E-state index is 11.9. The Balaban J connectivity index is 1.64. The summed E-state index contributed by atoms with van der Waals surface area (Å²) in [5.41, 5.74) is 5.40. The van der Waals surface area contributed by atoms with Gasteiger partial charge in [-0.3, -0.25) is 9.52 Å². The molecule has 0 spiro atoms. The molecule has 0 amide bonds. The highest BCUT2D eigenvalue weighted by Crippen LogP contribution is 2.66. The second-order valence-corrected chi connectivity index (χ2v) is 11.4. The Hall–Kier alpha value is -0.940. The number of hydrogen-bond donors (Lipinski definition) is 7. The van der Waals surface area contributed by atoms with Crippen LogP contribution in [-0.4, -0.2) is 96.1 Å². The molecule has 3 aliphatic rings. The molecular formula is C12H22N5O13P3. The first-order valence-electron chi connectivity index (χ1n) is 9.10. The summed E-state index contributed by atoms with van der Waals surface area (Å²) in [6, 6.07) is 0. The molecule has 3 heterocycles. The van der Waals surface area contributed by atoms with Crippen LogP contribution in [0.2, 0.25) is 0 Å². The molecule has 8 N–H and O–H groups in total. The summed E-state index contributed by atoms with van der Waals surface area (Å²) < 4.78 is 51.1. The molecule has 3 rings (SSSR count). The van der Waals surface area contributed by atoms with Crippen LogP contribution in [0.15, 0.2) is 15.0 Å². The number of aliphatic hydroxyl groups is 2. The molecule has 0 aromatic heterocycles. The fourth-order valence-electron chi connectivity index (χ4n) is 3.19. The van der Waals surface area contributed by atoms with Gasteiger partial charge in [-0.2, -0.15) is 8.62 Å². The Morgan fingerprint density at radius 1 is 1.18 bits per heavy atom. The van der Waals surface area contributed by atoms with E-state index in [1.165, 1.54) is 11.2 Å². The SMILES string of the molecule is CCC1(N)N=CN=C2C1=NCN2[C@@H]1O[C@H](COP(=O)(O)OP(=O)(O)OP(=O)(O)O)[C@@H](O)[C@H]1O. The molecule has 18 nitrogen and oxygen atoms in total. The van der Waals surface area contributed by atoms with Crippen LogP contribution in [0.5, 0.6) is 0 Å². The molecule has 33 heavy (non-hydrogen) atoms. The van der Waals surface area contributed by atoms with Gasteiger partial charge in [0.1, 0.15) is 37.0 Å². The molecule has 0 saturated carbocycles. The predicted molar refractivity (Wildman–Crippen MR) is 108 cm³/mol. The van der Waals surface area contributed by atoms with E-state index in [-0.39, 0.29) is 12.5 Å². The Labute approximate surface area is 185 Å². The Kier molecular flexibility index (Phi) is 7.48. The van der Waals surface area contributed by atoms with Crippen molar-refractivity contribution in [1.29, 1.82) is 0 Å². The third kappa shape index (κ3) is 6.01. The molecule has 0 radical (unpaired) electrons. The number of rotatable bonds is 9. The van der Waals surface area contributed by atoms with Gasteiger partial charge in [-0.05, 0) is 6.42 Å². The largest absolute Gasteiger partial charge is 0.490 e. The van der Waals surface area contributed by atoms with Crippen molar-refractivity contribution in [3.05, 3.63) is 0 Å². The molecule has 0 aromatic rings. The van der Waals surface area contributed by atoms with Crippen LogP contribution in [0, 0.1) is 0 Å². The van der Waals surface area contributed by atoms with Crippen molar-refractivity contribution in [3.63, 3.8) is 0 Å². The van der Waals surface area contributed by atoms with Gasteiger partial charge in [0.25, 0.3) is 0 Å². The highest BCUT2D eigenvalue weighted by molar-refractivity contribution is 7.66. The van der Waals surface area contributed by atoms with E-state index in [2.05, 4.69) is 28.1 Å². The summed E-state index contributed by atoms with van der Waals surface area (Å²) in [6.07, 6.45) is -4.27. The van der Waals surface area contributed by atoms with Crippen molar-refractivity contribution in [1.82, 2.24) is 4.90 Å². The standard InChI is InChI=1S/C12H22N5O13P3/c1-2-12(13)9-10(14-4-16-12)17(5-15-9)11-8(19)7(18)6(28-11)3-27-32(23,24)30-33(25,26)29-31(20,21)22/h4,6-8,11,18-19H,2-3,5,13H2,1H3,(H,23,24)(H,25,26)(H2,20,21,22)/t6-,7-,8-,11-,12?/m1/s1. The zero-order valence-electron chi connectivity index (χ0n) is 16.8. The van der Waals surface area contributed by atoms with Crippen LogP contribution in [0.3, 0.4) is 0 Å². The first-order valence-corrected chi connectivity index (χ1v) is 13.6. The number of amidine groups is 1. The van der Waals surface area contributed by atoms with Gasteiger partial charge >= 0.3 is 23.5 Å². The second kappa shape index (κ2) is 9.26. The lowest BCUT2D eigenvalue weighted by atomic mass is 10.0. The van der Waals surface area contributed by atoms with Crippen LogP contribution < -0.4 is 5.73 Å². The lowest BCUT2D eigenvalue weighted by Gasteiger charge is -2.31. The van der Waals surface area contributed by atoms with E-state index < -0.39 is 60.3 Å². The number of nitrogens with two attached hydrogens (primary N) is 1. The van der Waals surface area contributed by atoms with Gasteiger partial charge in [0.2, 0.25) is 0 Å². The van der Waals surface area contributed by atoms with Crippen molar-refractivity contribution in [3.8, 4) is 0 Å². The third-order valence-electron chi connectivity index (χ3n) is 4.74. The topological polar surface area (TPSA) is 276 Å². The second-order valence-electron chi connectivity index (χ2n) is 7.03. The van der Waals surface area contributed by atoms with Crippen LogP contribution >= 0.6 is 23.5 Å². The molecular weight excluding hydrogens is 515 g/mol. The van der Waals surface area contributed by atoms with E-state index >= 15 is 0 Å². The number of phosphoric acid groups is 3. The fourth-order valence-corrected chi connectivity index (χ4v) is 6.22. The lowest BCUT2D eigenvalue weighted by molar-refractivity contribution is -0.0680. The van der Waals surface area contributed by atoms with Crippen LogP contribution in [-0.2, 0) is 31.6 Å². The van der Waals surface area contributed by atoms with Gasteiger partial charge in [-0.25, -0.2) is 23.7 Å². The molecule has 0 aliphatic carbocycles. The highest BCUT2D eigenvalue weighted by atomic mass is 31.3. The maximum Gasteiger partial charge on any atom is 0.490 e. The van der Waals surface area contributed by atoms with E-state index in [4.69, 9.17) is 25.2 Å². The summed E-state index contributed by atoms with van der Waals surface area (Å²) in [7, 11) is -16.7. The van der Waals surface area contributed by atoms with E-state index in [1.54, 1.807) is 6.92 Å². The minimum atomic E-state index is -5.70. The molecule has 0 bridgehead atoms. The van der Waals surface area contributed by atoms with Crippen LogP contribution in [0.4, 0.5) is 0 Å². The number of fused-ring (bicyclic) bond motifs is 1. The summed E-state index contributed by atoms with van der Waals surface area (Å²) in [4.78, 5) is 49.6. The first-order chi connectivity index (χ1) is 15.1.